The fourth-order valence-electron chi connectivity index (χ4n) is 3.87. The number of benzene rings is 1. The first-order valence-corrected chi connectivity index (χ1v) is 11.6. The van der Waals surface area contributed by atoms with Crippen LogP contribution in [0.5, 0.6) is 11.5 Å². The summed E-state index contributed by atoms with van der Waals surface area (Å²) in [6.45, 7) is 3.62. The molecule has 0 atom stereocenters. The van der Waals surface area contributed by atoms with Gasteiger partial charge in [-0.25, -0.2) is 10.1 Å². The normalized spacial score (nSPS) is 14.4. The van der Waals surface area contributed by atoms with E-state index in [1.165, 1.54) is 18.2 Å². The smallest absolute Gasteiger partial charge is 0.293 e. The van der Waals surface area contributed by atoms with E-state index in [4.69, 9.17) is 25.6 Å². The van der Waals surface area contributed by atoms with Crippen LogP contribution in [0.2, 0.25) is 0 Å². The molecule has 1 aromatic carbocycles. The molecule has 2 amide bonds. The van der Waals surface area contributed by atoms with E-state index in [0.717, 1.165) is 25.9 Å². The molecule has 15 heteroatoms. The van der Waals surface area contributed by atoms with Crippen molar-refractivity contribution < 1.29 is 23.7 Å². The average Bonchev–Trinajstić information content (AvgIpc) is 3.51. The largest absolute Gasteiger partial charge is 0.493 e. The summed E-state index contributed by atoms with van der Waals surface area (Å²) >= 11 is 0. The van der Waals surface area contributed by atoms with Gasteiger partial charge in [0.25, 0.3) is 11.8 Å². The van der Waals surface area contributed by atoms with Crippen LogP contribution >= 0.6 is 0 Å². The second-order valence-electron chi connectivity index (χ2n) is 8.37. The van der Waals surface area contributed by atoms with Gasteiger partial charge in [-0.15, -0.1) is 5.10 Å². The highest BCUT2D eigenvalue weighted by molar-refractivity contribution is 6.01. The van der Waals surface area contributed by atoms with Gasteiger partial charge >= 0.3 is 0 Å². The lowest BCUT2D eigenvalue weighted by molar-refractivity contribution is -0.119. The Bertz CT molecular complexity index is 1290. The molecule has 15 nitrogen and oxygen atoms in total. The Morgan fingerprint density at radius 2 is 1.97 bits per heavy atom. The molecule has 4 rings (SSSR count). The number of likely N-dealkylation sites (tertiary alicyclic amines) is 1. The first kappa shape index (κ1) is 25.6. The van der Waals surface area contributed by atoms with E-state index in [2.05, 4.69) is 36.1 Å². The first-order valence-electron chi connectivity index (χ1n) is 11.6. The predicted molar refractivity (Wildman–Crippen MR) is 130 cm³/mol. The molecule has 1 fully saturated rings. The molecule has 2 aromatic heterocycles. The van der Waals surface area contributed by atoms with Crippen molar-refractivity contribution in [3.8, 4) is 17.3 Å². The summed E-state index contributed by atoms with van der Waals surface area (Å²) in [7, 11) is 1.47. The summed E-state index contributed by atoms with van der Waals surface area (Å²) < 4.78 is 16.7. The van der Waals surface area contributed by atoms with Crippen LogP contribution in [0, 0.1) is 0 Å². The number of rotatable bonds is 10. The number of nitrogens with zero attached hydrogens (tertiary/aromatic N) is 7. The Kier molecular flexibility index (Phi) is 7.92. The van der Waals surface area contributed by atoms with Gasteiger partial charge in [0.2, 0.25) is 11.6 Å². The third kappa shape index (κ3) is 6.00. The van der Waals surface area contributed by atoms with Gasteiger partial charge in [0.15, 0.2) is 23.8 Å². The molecular formula is C22H28N10O5. The van der Waals surface area contributed by atoms with Crippen molar-refractivity contribution in [1.29, 1.82) is 0 Å². The lowest BCUT2D eigenvalue weighted by Gasteiger charge is -2.26. The van der Waals surface area contributed by atoms with Gasteiger partial charge < -0.3 is 20.9 Å². The lowest BCUT2D eigenvalue weighted by Crippen LogP contribution is -2.31. The van der Waals surface area contributed by atoms with Crippen LogP contribution in [0.4, 0.5) is 5.82 Å². The number of hydrazone groups is 1. The molecular weight excluding hydrogens is 484 g/mol. The van der Waals surface area contributed by atoms with Gasteiger partial charge in [-0.1, -0.05) is 11.6 Å². The SMILES string of the molecule is COc1cc(/C(C)=N/NC(=O)c2nnn(-c3nonc3N)c2CN2CCCCC2)ccc1OCC(N)=O. The number of carbonyl (C=O) groups excluding carboxylic acids is 2. The summed E-state index contributed by atoms with van der Waals surface area (Å²) in [5, 5.41) is 19.7. The maximum atomic E-state index is 13.1. The molecule has 0 spiro atoms. The molecule has 0 saturated carbocycles. The molecule has 5 N–H and O–H groups in total. The number of aromatic nitrogens is 5. The topological polar surface area (TPSA) is 202 Å². The van der Waals surface area contributed by atoms with Gasteiger partial charge in [0, 0.05) is 12.1 Å². The summed E-state index contributed by atoms with van der Waals surface area (Å²) in [5.74, 6) is -0.244. The number of carbonyl (C=O) groups is 2. The highest BCUT2D eigenvalue weighted by atomic mass is 16.6. The molecule has 1 aliphatic rings. The lowest BCUT2D eigenvalue weighted by atomic mass is 10.1. The first-order chi connectivity index (χ1) is 17.9. The van der Waals surface area contributed by atoms with E-state index in [1.54, 1.807) is 25.1 Å². The van der Waals surface area contributed by atoms with Gasteiger partial charge in [-0.05, 0) is 61.4 Å². The minimum atomic E-state index is -0.606. The number of amides is 2. The molecule has 0 aliphatic carbocycles. The summed E-state index contributed by atoms with van der Waals surface area (Å²) in [5.41, 5.74) is 15.2. The Balaban J connectivity index is 1.55. The second kappa shape index (κ2) is 11.5. The fourth-order valence-corrected chi connectivity index (χ4v) is 3.87. The zero-order valence-electron chi connectivity index (χ0n) is 20.5. The van der Waals surface area contributed by atoms with Gasteiger partial charge in [-0.2, -0.15) is 9.78 Å². The third-order valence-corrected chi connectivity index (χ3v) is 5.77. The Labute approximate surface area is 211 Å². The van der Waals surface area contributed by atoms with Crippen molar-refractivity contribution >= 4 is 23.3 Å². The number of hydrogen-bond acceptors (Lipinski definition) is 12. The number of methoxy groups -OCH3 is 1. The number of nitrogens with one attached hydrogen (secondary N) is 1. The van der Waals surface area contributed by atoms with Crippen LogP contribution < -0.4 is 26.4 Å². The van der Waals surface area contributed by atoms with Crippen LogP contribution in [0.3, 0.4) is 0 Å². The van der Waals surface area contributed by atoms with Crippen LogP contribution in [0.1, 0.15) is 47.9 Å². The molecule has 3 heterocycles. The number of hydrogen-bond donors (Lipinski definition) is 3. The van der Waals surface area contributed by atoms with Gasteiger partial charge in [-0.3, -0.25) is 14.5 Å². The van der Waals surface area contributed by atoms with E-state index in [9.17, 15) is 9.59 Å². The van der Waals surface area contributed by atoms with Crippen molar-refractivity contribution in [2.24, 2.45) is 10.8 Å². The Morgan fingerprint density at radius 3 is 2.65 bits per heavy atom. The highest BCUT2D eigenvalue weighted by Crippen LogP contribution is 2.28. The second-order valence-corrected chi connectivity index (χ2v) is 8.37. The summed E-state index contributed by atoms with van der Waals surface area (Å²) in [6, 6.07) is 5.00. The van der Waals surface area contributed by atoms with Crippen LogP contribution in [-0.4, -0.2) is 74.5 Å². The van der Waals surface area contributed by atoms with Gasteiger partial charge in [0.05, 0.1) is 18.5 Å². The number of piperidine rings is 1. The standard InChI is InChI=1S/C22H28N10O5/c1-13(14-6-7-16(17(10-14)35-2)36-12-18(23)33)25-27-22(34)19-15(11-31-8-4-3-5-9-31)32(30-26-19)21-20(24)28-37-29-21/h6-7,10H,3-5,8-9,11-12H2,1-2H3,(H2,23,33)(H2,24,28)(H,27,34)/b25-13+. The molecule has 1 aliphatic heterocycles. The zero-order chi connectivity index (χ0) is 26.4. The summed E-state index contributed by atoms with van der Waals surface area (Å²) in [6.07, 6.45) is 3.30. The third-order valence-electron chi connectivity index (χ3n) is 5.77. The zero-order valence-corrected chi connectivity index (χ0v) is 20.5. The van der Waals surface area contributed by atoms with Crippen LogP contribution in [-0.2, 0) is 11.3 Å². The number of anilines is 1. The Hall–Kier alpha value is -4.53. The van der Waals surface area contributed by atoms with E-state index in [0.29, 0.717) is 35.0 Å². The van der Waals surface area contributed by atoms with Gasteiger partial charge in [0.1, 0.15) is 0 Å². The van der Waals surface area contributed by atoms with Crippen LogP contribution in [0.25, 0.3) is 5.82 Å². The van der Waals surface area contributed by atoms with Crippen molar-refractivity contribution in [1.82, 2.24) is 35.6 Å². The Morgan fingerprint density at radius 1 is 1.19 bits per heavy atom. The minimum Gasteiger partial charge on any atom is -0.493 e. The highest BCUT2D eigenvalue weighted by Gasteiger charge is 2.26. The fraction of sp³-hybridized carbons (Fsp3) is 0.409. The number of nitrogen functional groups attached to an aromatic ring is 1. The molecule has 0 radical (unpaired) electrons. The number of nitrogens with two attached hydrogens (primary N) is 2. The quantitative estimate of drug-likeness (QED) is 0.248. The van der Waals surface area contributed by atoms with Crippen molar-refractivity contribution in [3.63, 3.8) is 0 Å². The molecule has 37 heavy (non-hydrogen) atoms. The molecule has 3 aromatic rings. The summed E-state index contributed by atoms with van der Waals surface area (Å²) in [4.78, 5) is 26.3. The van der Waals surface area contributed by atoms with E-state index >= 15 is 0 Å². The molecule has 196 valence electrons. The van der Waals surface area contributed by atoms with Crippen molar-refractivity contribution in [3.05, 3.63) is 35.2 Å². The van der Waals surface area contributed by atoms with E-state index in [-0.39, 0.29) is 23.9 Å². The maximum Gasteiger partial charge on any atom is 0.293 e. The molecule has 1 saturated heterocycles. The number of primary amides is 1. The van der Waals surface area contributed by atoms with Crippen LogP contribution in [0.15, 0.2) is 27.9 Å². The monoisotopic (exact) mass is 512 g/mol. The minimum absolute atomic E-state index is 0.0304. The van der Waals surface area contributed by atoms with E-state index in [1.807, 2.05) is 0 Å². The number of ether oxygens (including phenoxy) is 2. The molecule has 0 bridgehead atoms. The predicted octanol–water partition coefficient (Wildman–Crippen LogP) is 0.245. The van der Waals surface area contributed by atoms with Crippen molar-refractivity contribution in [2.75, 3.05) is 32.5 Å². The van der Waals surface area contributed by atoms with Crippen molar-refractivity contribution in [2.45, 2.75) is 32.7 Å². The average molecular weight is 513 g/mol. The molecule has 0 unspecified atom stereocenters. The van der Waals surface area contributed by atoms with E-state index < -0.39 is 11.8 Å². The maximum absolute atomic E-state index is 13.1.